The molecule has 0 bridgehead atoms. The second-order valence-electron chi connectivity index (χ2n) is 1.84. The van der Waals surface area contributed by atoms with Crippen molar-refractivity contribution in [2.75, 3.05) is 0 Å². The Labute approximate surface area is 109 Å². The zero-order chi connectivity index (χ0) is 9.23. The van der Waals surface area contributed by atoms with E-state index in [1.807, 2.05) is 0 Å². The topological polar surface area (TPSA) is 34.1 Å². The molecule has 0 saturated carbocycles. The van der Waals surface area contributed by atoms with Gasteiger partial charge < -0.3 is 2.85 Å². The van der Waals surface area contributed by atoms with Crippen LogP contribution >= 0.6 is 0 Å². The Morgan fingerprint density at radius 1 is 1.33 bits per heavy atom. The van der Waals surface area contributed by atoms with Gasteiger partial charge in [0, 0.05) is 0 Å². The van der Waals surface area contributed by atoms with Crippen LogP contribution in [-0.2, 0) is 9.59 Å². The van der Waals surface area contributed by atoms with E-state index < -0.39 is 23.9 Å². The molecule has 0 saturated heterocycles. The van der Waals surface area contributed by atoms with Gasteiger partial charge >= 0.3 is 55.1 Å². The number of carbonyl (C=O) groups is 2. The van der Waals surface area contributed by atoms with E-state index >= 15 is 0 Å². The molecule has 0 spiro atoms. The van der Waals surface area contributed by atoms with Crippen LogP contribution < -0.4 is 0 Å². The number of alkyl halides is 4. The minimum absolute atomic E-state index is 0. The summed E-state index contributed by atoms with van der Waals surface area (Å²) in [5, 5.41) is 0. The first-order valence-corrected chi connectivity index (χ1v) is 2.52. The van der Waals surface area contributed by atoms with Gasteiger partial charge in [-0.2, -0.15) is 13.2 Å². The molecule has 0 fully saturated rings. The first-order valence-electron chi connectivity index (χ1n) is 2.52. The minimum Gasteiger partial charge on any atom is -1.00 e. The van der Waals surface area contributed by atoms with Crippen molar-refractivity contribution >= 4 is 60.4 Å². The summed E-state index contributed by atoms with van der Waals surface area (Å²) in [6.07, 6.45) is -8.35. The van der Waals surface area contributed by atoms with Gasteiger partial charge in [0.05, 0.1) is 0 Å². The van der Waals surface area contributed by atoms with E-state index in [9.17, 15) is 27.2 Å². The predicted molar refractivity (Wildman–Crippen MR) is 34.6 cm³/mol. The summed E-state index contributed by atoms with van der Waals surface area (Å²) in [6.45, 7) is 0.578. The molecule has 0 aliphatic carbocycles. The minimum atomic E-state index is -5.27. The van der Waals surface area contributed by atoms with Gasteiger partial charge in [-0.05, 0) is 6.92 Å². The number of halogens is 4. The van der Waals surface area contributed by atoms with Gasteiger partial charge in [-0.25, -0.2) is 4.39 Å². The average Bonchev–Trinajstić information content (AvgIpc) is 1.82. The SMILES string of the molecule is CC(=O)C(F)C(=O)C(F)(F)F.[Ba+2].[H-].[H-]. The first kappa shape index (κ1) is 15.1. The zero-order valence-electron chi connectivity index (χ0n) is 8.11. The normalized spacial score (nSPS) is 13.1. The van der Waals surface area contributed by atoms with Crippen LogP contribution in [-0.4, -0.2) is 72.8 Å². The number of hydrogen-bond donors (Lipinski definition) is 0. The third kappa shape index (κ3) is 4.61. The van der Waals surface area contributed by atoms with Crippen molar-refractivity contribution in [1.82, 2.24) is 0 Å². The summed E-state index contributed by atoms with van der Waals surface area (Å²) in [7, 11) is 0. The molecule has 0 N–H and O–H groups in total. The summed E-state index contributed by atoms with van der Waals surface area (Å²) in [4.78, 5) is 19.8. The van der Waals surface area contributed by atoms with Crippen LogP contribution in [0.4, 0.5) is 17.6 Å². The molecule has 0 aromatic heterocycles. The zero-order valence-corrected chi connectivity index (χ0v) is 10.6. The van der Waals surface area contributed by atoms with Gasteiger partial charge in [0.1, 0.15) is 0 Å². The molecule has 0 aliphatic heterocycles. The van der Waals surface area contributed by atoms with E-state index in [1.54, 1.807) is 0 Å². The summed E-state index contributed by atoms with van der Waals surface area (Å²) >= 11 is 0. The molecule has 7 heteroatoms. The molecule has 2 nitrogen and oxygen atoms in total. The van der Waals surface area contributed by atoms with Crippen molar-refractivity contribution in [2.45, 2.75) is 19.3 Å². The molecule has 1 atom stereocenters. The van der Waals surface area contributed by atoms with Gasteiger partial charge in [0.15, 0.2) is 5.78 Å². The molecule has 0 rings (SSSR count). The van der Waals surface area contributed by atoms with Crippen LogP contribution in [0.15, 0.2) is 0 Å². The molecule has 0 radical (unpaired) electrons. The molecule has 68 valence electrons. The third-order valence-corrected chi connectivity index (χ3v) is 0.866. The van der Waals surface area contributed by atoms with Crippen LogP contribution in [0.5, 0.6) is 0 Å². The molecule has 0 aromatic rings. The van der Waals surface area contributed by atoms with E-state index in [1.165, 1.54) is 0 Å². The number of rotatable bonds is 2. The van der Waals surface area contributed by atoms with Crippen molar-refractivity contribution < 1.29 is 30.0 Å². The van der Waals surface area contributed by atoms with Crippen molar-refractivity contribution in [3.05, 3.63) is 0 Å². The summed E-state index contributed by atoms with van der Waals surface area (Å²) in [5.74, 6) is -4.09. The Morgan fingerprint density at radius 2 is 1.67 bits per heavy atom. The number of hydrogen-bond acceptors (Lipinski definition) is 2. The van der Waals surface area contributed by atoms with Crippen molar-refractivity contribution in [2.24, 2.45) is 0 Å². The fourth-order valence-electron chi connectivity index (χ4n) is 0.328. The molecule has 0 aromatic carbocycles. The van der Waals surface area contributed by atoms with Gasteiger partial charge in [-0.15, -0.1) is 0 Å². The number of carbonyl (C=O) groups excluding carboxylic acids is 2. The fraction of sp³-hybridized carbons (Fsp3) is 0.600. The van der Waals surface area contributed by atoms with Crippen LogP contribution in [0, 0.1) is 0 Å². The van der Waals surface area contributed by atoms with E-state index in [0.29, 0.717) is 6.92 Å². The van der Waals surface area contributed by atoms with Gasteiger partial charge in [-0.3, -0.25) is 9.59 Å². The van der Waals surface area contributed by atoms with Crippen molar-refractivity contribution in [3.8, 4) is 0 Å². The number of Topliss-reactive ketones (excluding diaryl/α,β-unsaturated/α-hetero) is 2. The second kappa shape index (κ2) is 5.38. The fourth-order valence-corrected chi connectivity index (χ4v) is 0.328. The molecular formula is C5H6BaF4O2. The molecule has 1 unspecified atom stereocenters. The first-order chi connectivity index (χ1) is 4.76. The van der Waals surface area contributed by atoms with Crippen LogP contribution in [0.3, 0.4) is 0 Å². The molecular weight excluding hydrogens is 305 g/mol. The Balaban J connectivity index is -0.000000167. The summed E-state index contributed by atoms with van der Waals surface area (Å²) < 4.78 is 46.0. The summed E-state index contributed by atoms with van der Waals surface area (Å²) in [5.41, 5.74) is 0. The second-order valence-corrected chi connectivity index (χ2v) is 1.84. The van der Waals surface area contributed by atoms with E-state index in [2.05, 4.69) is 0 Å². The van der Waals surface area contributed by atoms with E-state index in [0.717, 1.165) is 0 Å². The largest absolute Gasteiger partial charge is 2.00 e. The van der Waals surface area contributed by atoms with Gasteiger partial charge in [0.25, 0.3) is 5.78 Å². The Hall–Kier alpha value is 0.631. The molecule has 0 heterocycles. The Bertz CT molecular complexity index is 197. The van der Waals surface area contributed by atoms with E-state index in [4.69, 9.17) is 0 Å². The van der Waals surface area contributed by atoms with Gasteiger partial charge in [0.2, 0.25) is 6.17 Å². The van der Waals surface area contributed by atoms with Crippen LogP contribution in [0.1, 0.15) is 9.78 Å². The van der Waals surface area contributed by atoms with E-state index in [-0.39, 0.29) is 51.7 Å². The van der Waals surface area contributed by atoms with Crippen LogP contribution in [0.25, 0.3) is 0 Å². The van der Waals surface area contributed by atoms with Gasteiger partial charge in [-0.1, -0.05) is 0 Å². The van der Waals surface area contributed by atoms with Crippen molar-refractivity contribution in [1.29, 1.82) is 0 Å². The van der Waals surface area contributed by atoms with Crippen LogP contribution in [0.2, 0.25) is 0 Å². The maximum Gasteiger partial charge on any atom is 2.00 e. The molecule has 0 amide bonds. The quantitative estimate of drug-likeness (QED) is 0.431. The third-order valence-electron chi connectivity index (χ3n) is 0.866. The molecule has 0 aliphatic rings. The van der Waals surface area contributed by atoms with Crippen molar-refractivity contribution in [3.63, 3.8) is 0 Å². The molecule has 12 heavy (non-hydrogen) atoms. The smallest absolute Gasteiger partial charge is 1.00 e. The maximum absolute atomic E-state index is 12.0. The monoisotopic (exact) mass is 312 g/mol. The summed E-state index contributed by atoms with van der Waals surface area (Å²) in [6, 6.07) is 0. The maximum atomic E-state index is 12.0. The Morgan fingerprint density at radius 3 is 1.75 bits per heavy atom. The predicted octanol–water partition coefficient (Wildman–Crippen LogP) is 0.889. The Kier molecular flexibility index (Phi) is 6.78. The number of ketones is 2. The average molecular weight is 311 g/mol. The standard InChI is InChI=1S/C5H4F4O2.Ba.2H/c1-2(10)3(6)4(11)5(7,8)9;;;/h3H,1H3;;;/q;+2;2*-1.